The molecule has 1 aromatic rings. The first-order chi connectivity index (χ1) is 8.57. The minimum Gasteiger partial charge on any atom is -0.328 e. The van der Waals surface area contributed by atoms with Crippen LogP contribution in [-0.4, -0.2) is 42.1 Å². The summed E-state index contributed by atoms with van der Waals surface area (Å²) in [4.78, 5) is 0.255. The zero-order chi connectivity index (χ0) is 12.8. The number of nitrogens with one attached hydrogen (secondary N) is 1. The number of aromatic amines is 1. The van der Waals surface area contributed by atoms with Crippen LogP contribution in [0.3, 0.4) is 0 Å². The van der Waals surface area contributed by atoms with Gasteiger partial charge in [-0.25, -0.2) is 8.42 Å². The Kier molecular flexibility index (Phi) is 2.91. The maximum Gasteiger partial charge on any atom is 0.246 e. The van der Waals surface area contributed by atoms with Gasteiger partial charge in [0.15, 0.2) is 0 Å². The van der Waals surface area contributed by atoms with Crippen molar-refractivity contribution in [2.75, 3.05) is 13.1 Å². The number of nitrogens with zero attached hydrogens (tertiary/aromatic N) is 2. The molecule has 1 unspecified atom stereocenters. The van der Waals surface area contributed by atoms with Crippen molar-refractivity contribution in [3.05, 3.63) is 12.4 Å². The Morgan fingerprint density at radius 3 is 2.83 bits per heavy atom. The Labute approximate surface area is 107 Å². The number of hydrogen-bond donors (Lipinski definition) is 2. The van der Waals surface area contributed by atoms with E-state index in [9.17, 15) is 8.42 Å². The van der Waals surface area contributed by atoms with Crippen LogP contribution in [0.1, 0.15) is 19.3 Å². The van der Waals surface area contributed by atoms with Crippen LogP contribution in [0.25, 0.3) is 0 Å². The third-order valence-corrected chi connectivity index (χ3v) is 5.96. The second-order valence-corrected chi connectivity index (χ2v) is 7.29. The molecule has 7 heteroatoms. The van der Waals surface area contributed by atoms with Crippen LogP contribution in [0.2, 0.25) is 0 Å². The van der Waals surface area contributed by atoms with E-state index in [0.29, 0.717) is 24.9 Å². The van der Waals surface area contributed by atoms with Crippen molar-refractivity contribution >= 4 is 10.0 Å². The highest BCUT2D eigenvalue weighted by molar-refractivity contribution is 7.89. The van der Waals surface area contributed by atoms with Gasteiger partial charge in [0.2, 0.25) is 10.0 Å². The van der Waals surface area contributed by atoms with Gasteiger partial charge >= 0.3 is 0 Å². The third-order valence-electron chi connectivity index (χ3n) is 4.17. The Bertz CT molecular complexity index is 513. The van der Waals surface area contributed by atoms with Crippen LogP contribution in [0.15, 0.2) is 17.3 Å². The molecule has 2 aliphatic rings. The minimum atomic E-state index is -3.37. The average Bonchev–Trinajstić information content (AvgIpc) is 2.97. The van der Waals surface area contributed by atoms with Gasteiger partial charge in [-0.05, 0) is 31.1 Å². The van der Waals surface area contributed by atoms with Crippen LogP contribution in [0.4, 0.5) is 0 Å². The van der Waals surface area contributed by atoms with Crippen molar-refractivity contribution in [1.82, 2.24) is 14.5 Å². The first-order valence-electron chi connectivity index (χ1n) is 6.32. The number of fused-ring (bicyclic) bond motifs is 1. The molecule has 0 radical (unpaired) electrons. The van der Waals surface area contributed by atoms with Crippen LogP contribution in [0, 0.1) is 11.8 Å². The fourth-order valence-electron chi connectivity index (χ4n) is 3.15. The average molecular weight is 270 g/mol. The van der Waals surface area contributed by atoms with Crippen LogP contribution in [0.5, 0.6) is 0 Å². The van der Waals surface area contributed by atoms with Crippen LogP contribution < -0.4 is 5.73 Å². The molecule has 3 rings (SSSR count). The van der Waals surface area contributed by atoms with E-state index in [0.717, 1.165) is 19.3 Å². The van der Waals surface area contributed by atoms with E-state index >= 15 is 0 Å². The monoisotopic (exact) mass is 270 g/mol. The molecule has 2 heterocycles. The third kappa shape index (κ3) is 1.96. The molecule has 2 fully saturated rings. The molecule has 6 nitrogen and oxygen atoms in total. The Morgan fingerprint density at radius 2 is 2.11 bits per heavy atom. The molecule has 0 bridgehead atoms. The van der Waals surface area contributed by atoms with Crippen LogP contribution in [-0.2, 0) is 10.0 Å². The van der Waals surface area contributed by atoms with E-state index < -0.39 is 10.0 Å². The van der Waals surface area contributed by atoms with Gasteiger partial charge in [0.1, 0.15) is 4.90 Å². The lowest BCUT2D eigenvalue weighted by Gasteiger charge is -2.28. The molecule has 0 spiro atoms. The van der Waals surface area contributed by atoms with E-state index in [2.05, 4.69) is 10.2 Å². The van der Waals surface area contributed by atoms with Gasteiger partial charge in [-0.2, -0.15) is 9.40 Å². The summed E-state index contributed by atoms with van der Waals surface area (Å²) >= 11 is 0. The van der Waals surface area contributed by atoms with Crippen molar-refractivity contribution in [3.63, 3.8) is 0 Å². The Balaban J connectivity index is 1.80. The smallest absolute Gasteiger partial charge is 0.246 e. The SMILES string of the molecule is NC1CC[C@@H]2CN(S(=O)(=O)c3cn[nH]c3)C[C@@H]2C1. The number of H-pyrrole nitrogens is 1. The van der Waals surface area contributed by atoms with E-state index in [4.69, 9.17) is 5.73 Å². The second kappa shape index (κ2) is 4.32. The second-order valence-electron chi connectivity index (χ2n) is 5.35. The van der Waals surface area contributed by atoms with Crippen molar-refractivity contribution < 1.29 is 8.42 Å². The van der Waals surface area contributed by atoms with Gasteiger partial charge in [0.25, 0.3) is 0 Å². The molecule has 0 amide bonds. The van der Waals surface area contributed by atoms with Gasteiger partial charge in [0.05, 0.1) is 6.20 Å². The fourth-order valence-corrected chi connectivity index (χ4v) is 4.61. The van der Waals surface area contributed by atoms with Gasteiger partial charge in [-0.15, -0.1) is 0 Å². The summed E-state index contributed by atoms with van der Waals surface area (Å²) in [7, 11) is -3.37. The lowest BCUT2D eigenvalue weighted by atomic mass is 9.79. The summed E-state index contributed by atoms with van der Waals surface area (Å²) in [6.45, 7) is 1.23. The minimum absolute atomic E-state index is 0.239. The Morgan fingerprint density at radius 1 is 1.33 bits per heavy atom. The largest absolute Gasteiger partial charge is 0.328 e. The quantitative estimate of drug-likeness (QED) is 0.800. The maximum absolute atomic E-state index is 12.4. The summed E-state index contributed by atoms with van der Waals surface area (Å²) in [6.07, 6.45) is 5.80. The highest BCUT2D eigenvalue weighted by Gasteiger charge is 2.41. The van der Waals surface area contributed by atoms with Crippen molar-refractivity contribution in [2.24, 2.45) is 17.6 Å². The molecule has 1 aliphatic heterocycles. The zero-order valence-corrected chi connectivity index (χ0v) is 10.9. The van der Waals surface area contributed by atoms with Crippen LogP contribution >= 0.6 is 0 Å². The van der Waals surface area contributed by atoms with E-state index in [1.807, 2.05) is 0 Å². The number of hydrogen-bond acceptors (Lipinski definition) is 4. The number of aromatic nitrogens is 2. The predicted molar refractivity (Wildman–Crippen MR) is 66.2 cm³/mol. The number of sulfonamides is 1. The summed E-state index contributed by atoms with van der Waals surface area (Å²) < 4.78 is 26.3. The summed E-state index contributed by atoms with van der Waals surface area (Å²) in [5.41, 5.74) is 5.96. The maximum atomic E-state index is 12.4. The van der Waals surface area contributed by atoms with Crippen molar-refractivity contribution in [3.8, 4) is 0 Å². The molecule has 3 N–H and O–H groups in total. The van der Waals surface area contributed by atoms with Crippen molar-refractivity contribution in [2.45, 2.75) is 30.2 Å². The summed E-state index contributed by atoms with van der Waals surface area (Å²) in [5, 5.41) is 6.27. The first-order valence-corrected chi connectivity index (χ1v) is 7.76. The highest BCUT2D eigenvalue weighted by atomic mass is 32.2. The van der Waals surface area contributed by atoms with Gasteiger partial charge in [-0.1, -0.05) is 0 Å². The molecular formula is C11H18N4O2S. The number of nitrogens with two attached hydrogens (primary N) is 1. The highest BCUT2D eigenvalue weighted by Crippen LogP contribution is 2.37. The van der Waals surface area contributed by atoms with E-state index in [-0.39, 0.29) is 10.9 Å². The first kappa shape index (κ1) is 12.1. The molecule has 18 heavy (non-hydrogen) atoms. The molecule has 3 atom stereocenters. The van der Waals surface area contributed by atoms with E-state index in [1.165, 1.54) is 12.4 Å². The normalized spacial score (nSPS) is 33.5. The molecule has 1 saturated carbocycles. The lowest BCUT2D eigenvalue weighted by Crippen LogP contribution is -2.32. The van der Waals surface area contributed by atoms with E-state index in [1.54, 1.807) is 4.31 Å². The molecular weight excluding hydrogens is 252 g/mol. The molecule has 1 saturated heterocycles. The predicted octanol–water partition coefficient (Wildman–Crippen LogP) is 0.158. The van der Waals surface area contributed by atoms with Gasteiger partial charge in [0, 0.05) is 25.3 Å². The summed E-state index contributed by atoms with van der Waals surface area (Å²) in [5.74, 6) is 0.905. The fraction of sp³-hybridized carbons (Fsp3) is 0.727. The summed E-state index contributed by atoms with van der Waals surface area (Å²) in [6, 6.07) is 0.239. The molecule has 1 aromatic heterocycles. The topological polar surface area (TPSA) is 92.1 Å². The van der Waals surface area contributed by atoms with Crippen molar-refractivity contribution in [1.29, 1.82) is 0 Å². The molecule has 1 aliphatic carbocycles. The van der Waals surface area contributed by atoms with Gasteiger partial charge in [-0.3, -0.25) is 5.10 Å². The molecule has 100 valence electrons. The standard InChI is InChI=1S/C11H18N4O2S/c12-10-2-1-8-6-15(7-9(8)3-10)18(16,17)11-4-13-14-5-11/h4-5,8-10H,1-3,6-7,12H2,(H,13,14)/t8-,9+,10?/m1/s1. The zero-order valence-electron chi connectivity index (χ0n) is 10.1. The molecule has 0 aromatic carbocycles. The Hall–Kier alpha value is -0.920. The number of rotatable bonds is 2. The van der Waals surface area contributed by atoms with Gasteiger partial charge < -0.3 is 5.73 Å². The lowest BCUT2D eigenvalue weighted by molar-refractivity contribution is 0.271.